The Labute approximate surface area is 105 Å². The third kappa shape index (κ3) is 2.56. The lowest BCUT2D eigenvalue weighted by molar-refractivity contribution is -0.274. The predicted molar refractivity (Wildman–Crippen MR) is 60.8 cm³/mol. The molecule has 0 bridgehead atoms. The van der Waals surface area contributed by atoms with E-state index in [2.05, 4.69) is 4.74 Å². The smallest absolute Gasteiger partial charge is 0.404 e. The standard InChI is InChI=1S/C12H6ClF3O2/c13-11(17)9-6-5-7-3-1-2-4-8(7)10(9)18-12(14,15)16/h1-6H. The average molecular weight is 275 g/mol. The molecule has 0 aliphatic heterocycles. The predicted octanol–water partition coefficient (Wildman–Crippen LogP) is 4.12. The molecule has 0 atom stereocenters. The van der Waals surface area contributed by atoms with Crippen molar-refractivity contribution in [1.82, 2.24) is 0 Å². The lowest BCUT2D eigenvalue weighted by Crippen LogP contribution is -2.18. The molecule has 0 aliphatic rings. The number of hydrogen-bond donors (Lipinski definition) is 0. The Morgan fingerprint density at radius 2 is 1.78 bits per heavy atom. The summed E-state index contributed by atoms with van der Waals surface area (Å²) in [6.07, 6.45) is -4.88. The van der Waals surface area contributed by atoms with E-state index in [-0.39, 0.29) is 10.9 Å². The fourth-order valence-electron chi connectivity index (χ4n) is 1.62. The van der Waals surface area contributed by atoms with Crippen molar-refractivity contribution in [2.45, 2.75) is 6.36 Å². The molecule has 2 aromatic carbocycles. The first-order chi connectivity index (χ1) is 8.38. The van der Waals surface area contributed by atoms with E-state index in [1.807, 2.05) is 0 Å². The SMILES string of the molecule is O=C(Cl)c1ccc2ccccc2c1OC(F)(F)F. The average Bonchev–Trinajstić information content (AvgIpc) is 2.27. The van der Waals surface area contributed by atoms with Crippen LogP contribution in [-0.4, -0.2) is 11.6 Å². The summed E-state index contributed by atoms with van der Waals surface area (Å²) in [5.74, 6) is -0.569. The summed E-state index contributed by atoms with van der Waals surface area (Å²) in [7, 11) is 0. The number of rotatable bonds is 2. The van der Waals surface area contributed by atoms with E-state index in [0.29, 0.717) is 5.39 Å². The zero-order chi connectivity index (χ0) is 13.3. The normalized spacial score (nSPS) is 11.6. The maximum Gasteiger partial charge on any atom is 0.573 e. The second kappa shape index (κ2) is 4.49. The van der Waals surface area contributed by atoms with E-state index in [9.17, 15) is 18.0 Å². The molecule has 18 heavy (non-hydrogen) atoms. The quantitative estimate of drug-likeness (QED) is 0.770. The third-order valence-corrected chi connectivity index (χ3v) is 2.51. The van der Waals surface area contributed by atoms with Gasteiger partial charge in [0.1, 0.15) is 5.75 Å². The Morgan fingerprint density at radius 3 is 2.39 bits per heavy atom. The van der Waals surface area contributed by atoms with E-state index in [1.165, 1.54) is 18.2 Å². The number of ether oxygens (including phenoxy) is 1. The van der Waals surface area contributed by atoms with Crippen LogP contribution in [0.2, 0.25) is 0 Å². The molecule has 0 unspecified atom stereocenters. The Kier molecular flexibility index (Phi) is 3.17. The van der Waals surface area contributed by atoms with Gasteiger partial charge in [0.15, 0.2) is 0 Å². The van der Waals surface area contributed by atoms with Gasteiger partial charge in [-0.3, -0.25) is 4.79 Å². The van der Waals surface area contributed by atoms with Crippen molar-refractivity contribution in [3.05, 3.63) is 42.0 Å². The van der Waals surface area contributed by atoms with Crippen LogP contribution in [0.4, 0.5) is 13.2 Å². The van der Waals surface area contributed by atoms with Gasteiger partial charge in [-0.2, -0.15) is 0 Å². The number of carbonyl (C=O) groups is 1. The second-order valence-corrected chi connectivity index (χ2v) is 3.83. The summed E-state index contributed by atoms with van der Waals surface area (Å²) in [6, 6.07) is 8.98. The molecule has 2 nitrogen and oxygen atoms in total. The second-order valence-electron chi connectivity index (χ2n) is 3.48. The number of carbonyl (C=O) groups excluding carboxylic acids is 1. The molecule has 0 spiro atoms. The highest BCUT2D eigenvalue weighted by molar-refractivity contribution is 6.68. The molecule has 0 amide bonds. The van der Waals surface area contributed by atoms with Crippen LogP contribution in [0.15, 0.2) is 36.4 Å². The van der Waals surface area contributed by atoms with Crippen molar-refractivity contribution in [1.29, 1.82) is 0 Å². The zero-order valence-electron chi connectivity index (χ0n) is 8.79. The van der Waals surface area contributed by atoms with Crippen LogP contribution < -0.4 is 4.74 Å². The first-order valence-corrected chi connectivity index (χ1v) is 5.23. The highest BCUT2D eigenvalue weighted by Crippen LogP contribution is 2.34. The highest BCUT2D eigenvalue weighted by atomic mass is 35.5. The molecule has 0 aromatic heterocycles. The summed E-state index contributed by atoms with van der Waals surface area (Å²) in [5.41, 5.74) is -0.312. The van der Waals surface area contributed by atoms with Crippen molar-refractivity contribution in [2.75, 3.05) is 0 Å². The number of fused-ring (bicyclic) bond motifs is 1. The number of halogens is 4. The number of benzene rings is 2. The van der Waals surface area contributed by atoms with E-state index < -0.39 is 17.4 Å². The zero-order valence-corrected chi connectivity index (χ0v) is 9.55. The van der Waals surface area contributed by atoms with Crippen LogP contribution >= 0.6 is 11.6 Å². The van der Waals surface area contributed by atoms with Gasteiger partial charge in [0, 0.05) is 5.39 Å². The van der Waals surface area contributed by atoms with Crippen molar-refractivity contribution in [3.8, 4) is 5.75 Å². The van der Waals surface area contributed by atoms with Crippen LogP contribution in [0.1, 0.15) is 10.4 Å². The molecule has 0 aliphatic carbocycles. The van der Waals surface area contributed by atoms with Gasteiger partial charge < -0.3 is 4.74 Å². The minimum atomic E-state index is -4.88. The molecule has 2 rings (SSSR count). The fraction of sp³-hybridized carbons (Fsp3) is 0.0833. The van der Waals surface area contributed by atoms with Gasteiger partial charge in [0.2, 0.25) is 0 Å². The van der Waals surface area contributed by atoms with Gasteiger partial charge in [-0.15, -0.1) is 13.2 Å². The van der Waals surface area contributed by atoms with E-state index >= 15 is 0 Å². The lowest BCUT2D eigenvalue weighted by atomic mass is 10.1. The largest absolute Gasteiger partial charge is 0.573 e. The van der Waals surface area contributed by atoms with Gasteiger partial charge in [-0.25, -0.2) is 0 Å². The minimum Gasteiger partial charge on any atom is -0.404 e. The Hall–Kier alpha value is -1.75. The van der Waals surface area contributed by atoms with Crippen LogP contribution in [0, 0.1) is 0 Å². The maximum absolute atomic E-state index is 12.3. The summed E-state index contributed by atoms with van der Waals surface area (Å²) in [6.45, 7) is 0. The first kappa shape index (κ1) is 12.7. The molecule has 0 heterocycles. The molecule has 0 radical (unpaired) electrons. The summed E-state index contributed by atoms with van der Waals surface area (Å²) < 4.78 is 40.9. The summed E-state index contributed by atoms with van der Waals surface area (Å²) in [5, 5.41) is -0.292. The molecule has 94 valence electrons. The summed E-state index contributed by atoms with van der Waals surface area (Å²) in [4.78, 5) is 11.1. The van der Waals surface area contributed by atoms with Crippen molar-refractivity contribution >= 4 is 27.6 Å². The van der Waals surface area contributed by atoms with Gasteiger partial charge in [-0.05, 0) is 23.1 Å². The fourth-order valence-corrected chi connectivity index (χ4v) is 1.77. The van der Waals surface area contributed by atoms with Crippen molar-refractivity contribution in [2.24, 2.45) is 0 Å². The van der Waals surface area contributed by atoms with Gasteiger partial charge in [0.05, 0.1) is 5.56 Å². The highest BCUT2D eigenvalue weighted by Gasteiger charge is 2.33. The summed E-state index contributed by atoms with van der Waals surface area (Å²) >= 11 is 5.25. The van der Waals surface area contributed by atoms with Crippen LogP contribution in [0.5, 0.6) is 5.75 Å². The molecular formula is C12H6ClF3O2. The van der Waals surface area contributed by atoms with E-state index in [1.54, 1.807) is 18.2 Å². The Morgan fingerprint density at radius 1 is 1.11 bits per heavy atom. The molecular weight excluding hydrogens is 269 g/mol. The lowest BCUT2D eigenvalue weighted by Gasteiger charge is -2.13. The minimum absolute atomic E-state index is 0.182. The number of alkyl halides is 3. The molecule has 0 fully saturated rings. The number of hydrogen-bond acceptors (Lipinski definition) is 2. The molecule has 2 aromatic rings. The van der Waals surface area contributed by atoms with Crippen LogP contribution in [-0.2, 0) is 0 Å². The molecule has 0 saturated heterocycles. The maximum atomic E-state index is 12.3. The van der Waals surface area contributed by atoms with E-state index in [4.69, 9.17) is 11.6 Å². The Bertz CT molecular complexity index is 608. The van der Waals surface area contributed by atoms with E-state index in [0.717, 1.165) is 0 Å². The molecule has 0 N–H and O–H groups in total. The molecule has 0 saturated carbocycles. The first-order valence-electron chi connectivity index (χ1n) is 4.86. The third-order valence-electron chi connectivity index (χ3n) is 2.31. The van der Waals surface area contributed by atoms with Crippen LogP contribution in [0.3, 0.4) is 0 Å². The van der Waals surface area contributed by atoms with Gasteiger partial charge in [0.25, 0.3) is 5.24 Å². The van der Waals surface area contributed by atoms with Gasteiger partial charge in [-0.1, -0.05) is 30.3 Å². The van der Waals surface area contributed by atoms with Crippen molar-refractivity contribution < 1.29 is 22.7 Å². The molecule has 6 heteroatoms. The Balaban J connectivity index is 2.70. The monoisotopic (exact) mass is 274 g/mol. The van der Waals surface area contributed by atoms with Crippen molar-refractivity contribution in [3.63, 3.8) is 0 Å². The van der Waals surface area contributed by atoms with Gasteiger partial charge >= 0.3 is 6.36 Å². The van der Waals surface area contributed by atoms with Crippen LogP contribution in [0.25, 0.3) is 10.8 Å². The topological polar surface area (TPSA) is 26.3 Å².